The zero-order valence-corrected chi connectivity index (χ0v) is 18.0. The maximum Gasteiger partial charge on any atom is 0.433 e. The molecule has 176 valence electrons. The molecule has 1 N–H and O–H groups in total. The van der Waals surface area contributed by atoms with Gasteiger partial charge in [-0.05, 0) is 24.3 Å². The Balaban J connectivity index is 1.33. The van der Waals surface area contributed by atoms with Crippen LogP contribution in [-0.4, -0.2) is 67.2 Å². The van der Waals surface area contributed by atoms with Gasteiger partial charge in [0.15, 0.2) is 0 Å². The van der Waals surface area contributed by atoms with E-state index in [2.05, 4.69) is 10.2 Å². The summed E-state index contributed by atoms with van der Waals surface area (Å²) in [4.78, 5) is 38.7. The summed E-state index contributed by atoms with van der Waals surface area (Å²) in [5.41, 5.74) is 0.832. The zero-order valence-electron chi connectivity index (χ0n) is 18.0. The number of carbonyl (C=O) groups excluding carboxylic acids is 2. The number of nitrogens with zero attached hydrogens (tertiary/aromatic N) is 4. The van der Waals surface area contributed by atoms with E-state index in [1.807, 2.05) is 4.90 Å². The van der Waals surface area contributed by atoms with E-state index in [1.54, 1.807) is 18.2 Å². The van der Waals surface area contributed by atoms with E-state index in [-0.39, 0.29) is 24.9 Å². The quantitative estimate of drug-likeness (QED) is 0.492. The van der Waals surface area contributed by atoms with Crippen molar-refractivity contribution in [1.29, 1.82) is 0 Å². The molecule has 0 saturated carbocycles. The monoisotopic (exact) mass is 461 g/mol. The third kappa shape index (κ3) is 5.22. The molecule has 2 saturated heterocycles. The fourth-order valence-corrected chi connectivity index (χ4v) is 3.93. The van der Waals surface area contributed by atoms with Crippen molar-refractivity contribution in [2.24, 2.45) is 0 Å². The summed E-state index contributed by atoms with van der Waals surface area (Å²) < 4.78 is 25.4. The van der Waals surface area contributed by atoms with Gasteiger partial charge in [0.05, 0.1) is 37.1 Å². The number of anilines is 2. The Morgan fingerprint density at radius 3 is 2.64 bits per heavy atom. The molecule has 4 rings (SSSR count). The largest absolute Gasteiger partial charge is 0.442 e. The van der Waals surface area contributed by atoms with E-state index in [9.17, 15) is 24.1 Å². The number of ether oxygens (including phenoxy) is 1. The van der Waals surface area contributed by atoms with Gasteiger partial charge in [-0.25, -0.2) is 9.18 Å². The summed E-state index contributed by atoms with van der Waals surface area (Å²) >= 11 is 0. The molecule has 2 aromatic rings. The van der Waals surface area contributed by atoms with Crippen LogP contribution in [0.4, 0.5) is 26.4 Å². The highest BCUT2D eigenvalue weighted by atomic mass is 19.1. The van der Waals surface area contributed by atoms with Crippen molar-refractivity contribution in [3.63, 3.8) is 0 Å². The van der Waals surface area contributed by atoms with E-state index < -0.39 is 22.9 Å². The predicted octanol–water partition coefficient (Wildman–Crippen LogP) is 2.11. The number of benzene rings is 1. The Morgan fingerprint density at radius 1 is 1.24 bits per heavy atom. The standard InChI is InChI=1S/C21H24FN5O6/c1-14(28)23-11-17-13-26(21(29)33-17)15-2-4-19(18(22)10-15)25-8-6-24(7-9-25)12-16-3-5-20(32-16)27(30)31/h2-5,10,17H,6-9,11-13H2,1H3,(H,23,28)/t17-/m0/s1. The van der Waals surface area contributed by atoms with Gasteiger partial charge in [0.25, 0.3) is 0 Å². The first-order chi connectivity index (χ1) is 15.8. The molecular formula is C21H24FN5O6. The molecule has 2 fully saturated rings. The SMILES string of the molecule is CC(=O)NC[C@H]1CN(c2ccc(N3CCN(Cc4ccc([N+](=O)[O-])o4)CC3)c(F)c2)C(=O)O1. The third-order valence-corrected chi connectivity index (χ3v) is 5.62. The van der Waals surface area contributed by atoms with Gasteiger partial charge < -0.3 is 19.4 Å². The van der Waals surface area contributed by atoms with Gasteiger partial charge >= 0.3 is 12.0 Å². The van der Waals surface area contributed by atoms with E-state index in [0.717, 1.165) is 0 Å². The van der Waals surface area contributed by atoms with E-state index in [1.165, 1.54) is 24.0 Å². The lowest BCUT2D eigenvalue weighted by Crippen LogP contribution is -2.46. The van der Waals surface area contributed by atoms with Crippen LogP contribution in [0.15, 0.2) is 34.7 Å². The fraction of sp³-hybridized carbons (Fsp3) is 0.429. The van der Waals surface area contributed by atoms with Crippen LogP contribution in [0, 0.1) is 15.9 Å². The second-order valence-electron chi connectivity index (χ2n) is 7.95. The second-order valence-corrected chi connectivity index (χ2v) is 7.95. The average Bonchev–Trinajstić information content (AvgIpc) is 3.39. The van der Waals surface area contributed by atoms with Crippen molar-refractivity contribution in [2.45, 2.75) is 19.6 Å². The van der Waals surface area contributed by atoms with Crippen LogP contribution in [0.5, 0.6) is 0 Å². The minimum absolute atomic E-state index is 0.202. The lowest BCUT2D eigenvalue weighted by molar-refractivity contribution is -0.402. The molecule has 0 bridgehead atoms. The van der Waals surface area contributed by atoms with Crippen LogP contribution >= 0.6 is 0 Å². The highest BCUT2D eigenvalue weighted by Gasteiger charge is 2.33. The van der Waals surface area contributed by atoms with Gasteiger partial charge in [0.2, 0.25) is 5.91 Å². The zero-order chi connectivity index (χ0) is 23.5. The first-order valence-corrected chi connectivity index (χ1v) is 10.5. The minimum atomic E-state index is -0.579. The Morgan fingerprint density at radius 2 is 2.00 bits per heavy atom. The van der Waals surface area contributed by atoms with Crippen molar-refractivity contribution in [2.75, 3.05) is 49.1 Å². The molecule has 1 aromatic carbocycles. The normalized spacial score (nSPS) is 19.0. The molecule has 33 heavy (non-hydrogen) atoms. The van der Waals surface area contributed by atoms with Gasteiger partial charge in [0, 0.05) is 33.1 Å². The van der Waals surface area contributed by atoms with Gasteiger partial charge in [-0.1, -0.05) is 0 Å². The number of piperazine rings is 1. The lowest BCUT2D eigenvalue weighted by Gasteiger charge is -2.36. The molecule has 2 aliphatic rings. The molecule has 0 unspecified atom stereocenters. The summed E-state index contributed by atoms with van der Waals surface area (Å²) in [7, 11) is 0. The van der Waals surface area contributed by atoms with Crippen molar-refractivity contribution in [3.8, 4) is 0 Å². The Bertz CT molecular complexity index is 1050. The molecule has 2 aliphatic heterocycles. The van der Waals surface area contributed by atoms with Gasteiger partial charge in [-0.2, -0.15) is 0 Å². The Labute approximate surface area is 188 Å². The van der Waals surface area contributed by atoms with Gasteiger partial charge in [-0.3, -0.25) is 24.7 Å². The van der Waals surface area contributed by atoms with E-state index in [0.29, 0.717) is 49.9 Å². The van der Waals surface area contributed by atoms with Crippen molar-refractivity contribution in [3.05, 3.63) is 52.0 Å². The minimum Gasteiger partial charge on any atom is -0.442 e. The molecule has 0 spiro atoms. The number of rotatable bonds is 7. The highest BCUT2D eigenvalue weighted by Crippen LogP contribution is 2.29. The molecule has 3 heterocycles. The van der Waals surface area contributed by atoms with Gasteiger partial charge in [-0.15, -0.1) is 0 Å². The molecule has 2 amide bonds. The van der Waals surface area contributed by atoms with E-state index >= 15 is 0 Å². The summed E-state index contributed by atoms with van der Waals surface area (Å²) in [6, 6.07) is 7.55. The second kappa shape index (κ2) is 9.45. The van der Waals surface area contributed by atoms with Crippen LogP contribution in [0.1, 0.15) is 12.7 Å². The Hall–Kier alpha value is -3.67. The molecule has 1 aromatic heterocycles. The molecule has 0 radical (unpaired) electrons. The molecule has 0 aliphatic carbocycles. The topological polar surface area (TPSA) is 121 Å². The number of amides is 2. The fourth-order valence-electron chi connectivity index (χ4n) is 3.93. The maximum atomic E-state index is 14.9. The van der Waals surface area contributed by atoms with Gasteiger partial charge in [0.1, 0.15) is 22.6 Å². The molecular weight excluding hydrogens is 437 g/mol. The Kier molecular flexibility index (Phi) is 6.45. The maximum absolute atomic E-state index is 14.9. The molecule has 12 heteroatoms. The average molecular weight is 461 g/mol. The summed E-state index contributed by atoms with van der Waals surface area (Å²) in [6.45, 7) is 4.67. The van der Waals surface area contributed by atoms with Crippen molar-refractivity contribution in [1.82, 2.24) is 10.2 Å². The number of cyclic esters (lactones) is 1. The lowest BCUT2D eigenvalue weighted by atomic mass is 10.2. The number of hydrogen-bond acceptors (Lipinski definition) is 8. The first-order valence-electron chi connectivity index (χ1n) is 10.5. The number of carbonyl (C=O) groups is 2. The smallest absolute Gasteiger partial charge is 0.433 e. The first kappa shape index (κ1) is 22.5. The third-order valence-electron chi connectivity index (χ3n) is 5.62. The van der Waals surface area contributed by atoms with Crippen molar-refractivity contribution >= 4 is 29.3 Å². The summed E-state index contributed by atoms with van der Waals surface area (Å²) in [6.07, 6.45) is -1.07. The van der Waals surface area contributed by atoms with E-state index in [4.69, 9.17) is 9.15 Å². The van der Waals surface area contributed by atoms with Crippen LogP contribution in [0.3, 0.4) is 0 Å². The van der Waals surface area contributed by atoms with Crippen LogP contribution < -0.4 is 15.1 Å². The van der Waals surface area contributed by atoms with Crippen LogP contribution in [0.2, 0.25) is 0 Å². The van der Waals surface area contributed by atoms with Crippen LogP contribution in [0.25, 0.3) is 0 Å². The summed E-state index contributed by atoms with van der Waals surface area (Å²) in [5, 5.41) is 13.4. The van der Waals surface area contributed by atoms with Crippen molar-refractivity contribution < 1.29 is 28.1 Å². The number of hydrogen-bond donors (Lipinski definition) is 1. The van der Waals surface area contributed by atoms with Crippen LogP contribution in [-0.2, 0) is 16.1 Å². The number of halogens is 1. The number of nitrogens with one attached hydrogen (secondary N) is 1. The molecule has 11 nitrogen and oxygen atoms in total. The number of nitro groups is 1. The number of furan rings is 1. The summed E-state index contributed by atoms with van der Waals surface area (Å²) in [5.74, 6) is -0.430. The predicted molar refractivity (Wildman–Crippen MR) is 116 cm³/mol. The highest BCUT2D eigenvalue weighted by molar-refractivity contribution is 5.90. The molecule has 1 atom stereocenters.